The van der Waals surface area contributed by atoms with Gasteiger partial charge in [0.1, 0.15) is 9.85 Å². The summed E-state index contributed by atoms with van der Waals surface area (Å²) >= 11 is 0. The molecule has 0 spiro atoms. The summed E-state index contributed by atoms with van der Waals surface area (Å²) in [6.07, 6.45) is -7.37. The molecule has 0 aromatic carbocycles. The summed E-state index contributed by atoms with van der Waals surface area (Å²) in [4.78, 5) is 35.9. The van der Waals surface area contributed by atoms with Gasteiger partial charge in [0.25, 0.3) is 0 Å². The van der Waals surface area contributed by atoms with E-state index in [1.165, 1.54) is 0 Å². The van der Waals surface area contributed by atoms with Crippen LogP contribution in [0.1, 0.15) is 0 Å². The van der Waals surface area contributed by atoms with Crippen LogP contribution in [0.2, 0.25) is 0 Å². The molecule has 1 atom stereocenters. The second kappa shape index (κ2) is 4.64. The molecule has 0 aromatic rings. The Morgan fingerprint density at radius 2 is 1.47 bits per heavy atom. The monoisotopic (exact) mass is 224 g/mol. The third-order valence-electron chi connectivity index (χ3n) is 1.13. The van der Waals surface area contributed by atoms with Gasteiger partial charge in [-0.15, -0.1) is 0 Å². The number of hydrogen-bond donors (Lipinski definition) is 1. The molecule has 1 unspecified atom stereocenters. The highest BCUT2D eigenvalue weighted by atomic mass is 16.7. The molecule has 0 aliphatic carbocycles. The van der Waals surface area contributed by atoms with Gasteiger partial charge < -0.3 is 10.5 Å². The fourth-order valence-corrected chi connectivity index (χ4v) is 0.617. The number of hydrogen-bond acceptors (Lipinski definition) is 8. The summed E-state index contributed by atoms with van der Waals surface area (Å²) in [5, 5.41) is 30.3. The van der Waals surface area contributed by atoms with E-state index in [0.29, 0.717) is 0 Å². The number of carbonyl (C=O) groups excluding carboxylic acids is 1. The summed E-state index contributed by atoms with van der Waals surface area (Å²) in [5.74, 6) is 0. The van der Waals surface area contributed by atoms with Crippen LogP contribution in [0.5, 0.6) is 0 Å². The Morgan fingerprint density at radius 3 is 1.67 bits per heavy atom. The molecule has 0 rings (SSSR count). The third-order valence-corrected chi connectivity index (χ3v) is 1.13. The highest BCUT2D eigenvalue weighted by Gasteiger charge is 2.54. The molecule has 2 N–H and O–H groups in total. The molecule has 84 valence electrons. The third kappa shape index (κ3) is 3.37. The number of ether oxygens (including phenoxy) is 1. The number of nitrogens with zero attached hydrogens (tertiary/aromatic N) is 3. The number of nitro groups is 3. The minimum Gasteiger partial charge on any atom is -0.370 e. The molecule has 1 amide bonds. The minimum absolute atomic E-state index is 1.49. The number of carbonyl (C=O) groups is 1. The first-order chi connectivity index (χ1) is 6.77. The van der Waals surface area contributed by atoms with Gasteiger partial charge in [-0.1, -0.05) is 0 Å². The van der Waals surface area contributed by atoms with Gasteiger partial charge in [-0.2, -0.15) is 0 Å². The van der Waals surface area contributed by atoms with Crippen LogP contribution in [0.25, 0.3) is 0 Å². The Bertz CT molecular complexity index is 299. The van der Waals surface area contributed by atoms with Crippen molar-refractivity contribution < 1.29 is 24.3 Å². The lowest BCUT2D eigenvalue weighted by atomic mass is 10.4. The standard InChI is InChI=1S/C3H4N4O8/c4-3(8)15-2(7(13)14)1(5(9)10)6(11)12/h1-2H,(H2,4,8). The molecule has 0 saturated heterocycles. The van der Waals surface area contributed by atoms with E-state index in [4.69, 9.17) is 0 Å². The molecule has 0 fully saturated rings. The minimum atomic E-state index is -2.90. The van der Waals surface area contributed by atoms with Crippen molar-refractivity contribution in [3.63, 3.8) is 0 Å². The summed E-state index contributed by atoms with van der Waals surface area (Å²) < 4.78 is 3.65. The van der Waals surface area contributed by atoms with Gasteiger partial charge >= 0.3 is 18.5 Å². The second-order valence-electron chi connectivity index (χ2n) is 2.10. The largest absolute Gasteiger partial charge is 0.552 e. The van der Waals surface area contributed by atoms with Crippen LogP contribution in [0.15, 0.2) is 0 Å². The van der Waals surface area contributed by atoms with Crippen molar-refractivity contribution in [2.45, 2.75) is 12.4 Å². The Kier molecular flexibility index (Phi) is 3.85. The quantitative estimate of drug-likeness (QED) is 0.334. The zero-order valence-electron chi connectivity index (χ0n) is 6.84. The molecule has 0 aliphatic rings. The molecule has 12 heteroatoms. The Labute approximate surface area is 80.0 Å². The van der Waals surface area contributed by atoms with E-state index < -0.39 is 33.3 Å². The van der Waals surface area contributed by atoms with E-state index in [1.54, 1.807) is 0 Å². The van der Waals surface area contributed by atoms with Crippen molar-refractivity contribution in [3.05, 3.63) is 30.3 Å². The van der Waals surface area contributed by atoms with Crippen molar-refractivity contribution >= 4 is 6.09 Å². The molecule has 0 heterocycles. The first kappa shape index (κ1) is 12.5. The number of primary amides is 1. The van der Waals surface area contributed by atoms with Crippen LogP contribution < -0.4 is 5.73 Å². The smallest absolute Gasteiger partial charge is 0.370 e. The maximum absolute atomic E-state index is 10.1. The van der Waals surface area contributed by atoms with Crippen LogP contribution in [-0.4, -0.2) is 33.3 Å². The molecular weight excluding hydrogens is 220 g/mol. The summed E-state index contributed by atoms with van der Waals surface area (Å²) in [6, 6.07) is 0. The molecule has 0 aliphatic heterocycles. The van der Waals surface area contributed by atoms with Gasteiger partial charge in [0.2, 0.25) is 0 Å². The Hall–Kier alpha value is -2.53. The highest BCUT2D eigenvalue weighted by Crippen LogP contribution is 2.05. The van der Waals surface area contributed by atoms with E-state index in [-0.39, 0.29) is 0 Å². The van der Waals surface area contributed by atoms with Gasteiger partial charge in [-0.3, -0.25) is 30.3 Å². The average molecular weight is 224 g/mol. The fraction of sp³-hybridized carbons (Fsp3) is 0.667. The zero-order valence-corrected chi connectivity index (χ0v) is 6.84. The van der Waals surface area contributed by atoms with Crippen molar-refractivity contribution in [1.29, 1.82) is 0 Å². The maximum atomic E-state index is 10.1. The predicted octanol–water partition coefficient (Wildman–Crippen LogP) is -1.44. The van der Waals surface area contributed by atoms with E-state index >= 15 is 0 Å². The molecule has 15 heavy (non-hydrogen) atoms. The Morgan fingerprint density at radius 1 is 1.07 bits per heavy atom. The summed E-state index contributed by atoms with van der Waals surface area (Å²) in [7, 11) is 0. The Balaban J connectivity index is 5.01. The number of nitrogens with two attached hydrogens (primary N) is 1. The lowest BCUT2D eigenvalue weighted by Crippen LogP contribution is -2.48. The van der Waals surface area contributed by atoms with Crippen molar-refractivity contribution in [2.24, 2.45) is 5.73 Å². The van der Waals surface area contributed by atoms with Gasteiger partial charge in [0, 0.05) is 0 Å². The van der Waals surface area contributed by atoms with Crippen molar-refractivity contribution in [1.82, 2.24) is 0 Å². The number of amides is 1. The summed E-state index contributed by atoms with van der Waals surface area (Å²) in [6.45, 7) is 0. The fourth-order valence-electron chi connectivity index (χ4n) is 0.617. The predicted molar refractivity (Wildman–Crippen MR) is 39.2 cm³/mol. The van der Waals surface area contributed by atoms with Gasteiger partial charge in [0.05, 0.1) is 4.92 Å². The van der Waals surface area contributed by atoms with E-state index in [9.17, 15) is 35.1 Å². The SMILES string of the molecule is NC(=O)OC(C([N+](=O)[O-])[N+](=O)[O-])[N+](=O)[O-]. The van der Waals surface area contributed by atoms with Crippen LogP contribution >= 0.6 is 0 Å². The lowest BCUT2D eigenvalue weighted by Gasteiger charge is -2.07. The normalized spacial score (nSPS) is 11.8. The van der Waals surface area contributed by atoms with E-state index in [1.807, 2.05) is 0 Å². The highest BCUT2D eigenvalue weighted by molar-refractivity contribution is 5.64. The molecule has 0 radical (unpaired) electrons. The molecular formula is C3H4N4O8. The van der Waals surface area contributed by atoms with E-state index in [2.05, 4.69) is 10.5 Å². The second-order valence-corrected chi connectivity index (χ2v) is 2.10. The molecule has 0 saturated carbocycles. The van der Waals surface area contributed by atoms with Crippen LogP contribution in [0, 0.1) is 30.3 Å². The average Bonchev–Trinajstić information content (AvgIpc) is 2.00. The lowest BCUT2D eigenvalue weighted by molar-refractivity contribution is -0.797. The maximum Gasteiger partial charge on any atom is 0.552 e. The molecule has 0 bridgehead atoms. The van der Waals surface area contributed by atoms with Crippen molar-refractivity contribution in [3.8, 4) is 0 Å². The topological polar surface area (TPSA) is 182 Å². The van der Waals surface area contributed by atoms with Gasteiger partial charge in [-0.25, -0.2) is 4.79 Å². The zero-order chi connectivity index (χ0) is 12.2. The van der Waals surface area contributed by atoms with Crippen LogP contribution in [-0.2, 0) is 4.74 Å². The molecule has 12 nitrogen and oxygen atoms in total. The summed E-state index contributed by atoms with van der Waals surface area (Å²) in [5.41, 5.74) is 4.36. The van der Waals surface area contributed by atoms with Crippen LogP contribution in [0.4, 0.5) is 4.79 Å². The molecule has 0 aromatic heterocycles. The van der Waals surface area contributed by atoms with Crippen LogP contribution in [0.3, 0.4) is 0 Å². The number of rotatable bonds is 5. The van der Waals surface area contributed by atoms with Gasteiger partial charge in [-0.05, 0) is 0 Å². The first-order valence-electron chi connectivity index (χ1n) is 3.14. The first-order valence-corrected chi connectivity index (χ1v) is 3.14. The van der Waals surface area contributed by atoms with Gasteiger partial charge in [0.15, 0.2) is 0 Å². The van der Waals surface area contributed by atoms with Crippen molar-refractivity contribution in [2.75, 3.05) is 0 Å². The van der Waals surface area contributed by atoms with E-state index in [0.717, 1.165) is 0 Å².